The fourth-order valence-corrected chi connectivity index (χ4v) is 3.19. The Labute approximate surface area is 123 Å². The average Bonchev–Trinajstić information content (AvgIpc) is 3.11. The quantitative estimate of drug-likeness (QED) is 0.871. The van der Waals surface area contributed by atoms with Gasteiger partial charge in [-0.05, 0) is 44.9 Å². The summed E-state index contributed by atoms with van der Waals surface area (Å²) in [5, 5.41) is 3.03. The number of hydrogen-bond acceptors (Lipinski definition) is 3. The summed E-state index contributed by atoms with van der Waals surface area (Å²) in [4.78, 5) is 12.0. The lowest BCUT2D eigenvalue weighted by Crippen LogP contribution is -2.31. The Morgan fingerprint density at radius 1 is 1.35 bits per heavy atom. The molecule has 0 unspecified atom stereocenters. The topological polar surface area (TPSA) is 75.3 Å². The Morgan fingerprint density at radius 3 is 2.55 bits per heavy atom. The van der Waals surface area contributed by atoms with Crippen molar-refractivity contribution in [2.45, 2.75) is 43.7 Å². The zero-order valence-corrected chi connectivity index (χ0v) is 12.9. The number of sulfonamides is 1. The molecule has 1 amide bonds. The number of rotatable bonds is 5. The summed E-state index contributed by atoms with van der Waals surface area (Å²) in [5.41, 5.74) is 0.185. The Balaban J connectivity index is 2.30. The van der Waals surface area contributed by atoms with Gasteiger partial charge in [0.25, 0.3) is 5.91 Å². The van der Waals surface area contributed by atoms with Crippen LogP contribution in [-0.2, 0) is 10.0 Å². The number of halogens is 1. The highest BCUT2D eigenvalue weighted by molar-refractivity contribution is 7.89. The van der Waals surface area contributed by atoms with Crippen LogP contribution >= 0.6 is 11.6 Å². The summed E-state index contributed by atoms with van der Waals surface area (Å²) in [5.74, 6) is -0.334. The molecular weight excluding hydrogens is 300 g/mol. The predicted molar refractivity (Wildman–Crippen MR) is 77.4 cm³/mol. The Bertz CT molecular complexity index is 625. The molecule has 2 rings (SSSR count). The third-order valence-electron chi connectivity index (χ3n) is 2.80. The molecule has 20 heavy (non-hydrogen) atoms. The van der Waals surface area contributed by atoms with Gasteiger partial charge in [-0.2, -0.15) is 0 Å². The molecule has 110 valence electrons. The highest BCUT2D eigenvalue weighted by Crippen LogP contribution is 2.23. The van der Waals surface area contributed by atoms with E-state index in [9.17, 15) is 13.2 Å². The SMILES string of the molecule is CC(C)NS(=O)(=O)c1ccc(Cl)c(C(=O)NC2CC2)c1. The number of carbonyl (C=O) groups is 1. The lowest BCUT2D eigenvalue weighted by atomic mass is 10.2. The van der Waals surface area contributed by atoms with E-state index in [-0.39, 0.29) is 33.5 Å². The van der Waals surface area contributed by atoms with Crippen molar-refractivity contribution < 1.29 is 13.2 Å². The normalized spacial score (nSPS) is 15.4. The first-order valence-corrected chi connectivity index (χ1v) is 8.28. The minimum Gasteiger partial charge on any atom is -0.349 e. The van der Waals surface area contributed by atoms with Crippen LogP contribution in [0.25, 0.3) is 0 Å². The molecule has 7 heteroatoms. The number of nitrogens with one attached hydrogen (secondary N) is 2. The maximum absolute atomic E-state index is 12.1. The van der Waals surface area contributed by atoms with E-state index in [2.05, 4.69) is 10.0 Å². The molecule has 1 fully saturated rings. The Morgan fingerprint density at radius 2 is 2.00 bits per heavy atom. The van der Waals surface area contributed by atoms with E-state index in [0.29, 0.717) is 0 Å². The molecule has 0 spiro atoms. The molecule has 5 nitrogen and oxygen atoms in total. The first kappa shape index (κ1) is 15.3. The van der Waals surface area contributed by atoms with Crippen LogP contribution in [0, 0.1) is 0 Å². The van der Waals surface area contributed by atoms with E-state index in [4.69, 9.17) is 11.6 Å². The van der Waals surface area contributed by atoms with Crippen molar-refractivity contribution in [3.8, 4) is 0 Å². The summed E-state index contributed by atoms with van der Waals surface area (Å²) in [6.07, 6.45) is 1.91. The first-order chi connectivity index (χ1) is 9.29. The third kappa shape index (κ3) is 3.71. The second kappa shape index (κ2) is 5.71. The Kier molecular flexibility index (Phi) is 4.36. The van der Waals surface area contributed by atoms with E-state index < -0.39 is 10.0 Å². The van der Waals surface area contributed by atoms with Gasteiger partial charge in [-0.1, -0.05) is 11.6 Å². The fraction of sp³-hybridized carbons (Fsp3) is 0.462. The van der Waals surface area contributed by atoms with Gasteiger partial charge in [-0.15, -0.1) is 0 Å². The standard InChI is InChI=1S/C13H17ClN2O3S/c1-8(2)16-20(18,19)10-5-6-12(14)11(7-10)13(17)15-9-3-4-9/h5-9,16H,3-4H2,1-2H3,(H,15,17). The van der Waals surface area contributed by atoms with Gasteiger partial charge in [0.15, 0.2) is 0 Å². The summed E-state index contributed by atoms with van der Waals surface area (Å²) < 4.78 is 26.6. The molecule has 1 aliphatic rings. The van der Waals surface area contributed by atoms with Gasteiger partial charge in [0.1, 0.15) is 0 Å². The van der Waals surface area contributed by atoms with Crippen LogP contribution in [-0.4, -0.2) is 26.4 Å². The van der Waals surface area contributed by atoms with Gasteiger partial charge in [0, 0.05) is 12.1 Å². The molecule has 0 bridgehead atoms. The molecule has 0 aliphatic heterocycles. The lowest BCUT2D eigenvalue weighted by molar-refractivity contribution is 0.0951. The summed E-state index contributed by atoms with van der Waals surface area (Å²) >= 11 is 5.97. The smallest absolute Gasteiger partial charge is 0.253 e. The summed E-state index contributed by atoms with van der Waals surface area (Å²) in [7, 11) is -3.63. The molecule has 0 atom stereocenters. The van der Waals surface area contributed by atoms with E-state index >= 15 is 0 Å². The van der Waals surface area contributed by atoms with Crippen LogP contribution in [0.2, 0.25) is 5.02 Å². The lowest BCUT2D eigenvalue weighted by Gasteiger charge is -2.11. The Hall–Kier alpha value is -1.11. The highest BCUT2D eigenvalue weighted by Gasteiger charge is 2.26. The van der Waals surface area contributed by atoms with Crippen LogP contribution in [0.5, 0.6) is 0 Å². The molecule has 0 heterocycles. The number of carbonyl (C=O) groups excluding carboxylic acids is 1. The van der Waals surface area contributed by atoms with E-state index in [1.165, 1.54) is 18.2 Å². The molecule has 1 aliphatic carbocycles. The highest BCUT2D eigenvalue weighted by atomic mass is 35.5. The third-order valence-corrected chi connectivity index (χ3v) is 4.78. The maximum atomic E-state index is 12.1. The van der Waals surface area contributed by atoms with E-state index in [1.54, 1.807) is 13.8 Å². The summed E-state index contributed by atoms with van der Waals surface area (Å²) in [6, 6.07) is 4.09. The van der Waals surface area contributed by atoms with E-state index in [1.807, 2.05) is 0 Å². The van der Waals surface area contributed by atoms with Gasteiger partial charge in [0.2, 0.25) is 10.0 Å². The van der Waals surface area contributed by atoms with Gasteiger partial charge in [-0.25, -0.2) is 13.1 Å². The van der Waals surface area contributed by atoms with Crippen LogP contribution in [0.1, 0.15) is 37.0 Å². The second-order valence-corrected chi connectivity index (χ2v) is 7.29. The number of amides is 1. The molecule has 1 aromatic carbocycles. The van der Waals surface area contributed by atoms with Crippen molar-refractivity contribution in [1.29, 1.82) is 0 Å². The largest absolute Gasteiger partial charge is 0.349 e. The molecule has 1 aromatic rings. The van der Waals surface area contributed by atoms with Gasteiger partial charge < -0.3 is 5.32 Å². The fourth-order valence-electron chi connectivity index (χ4n) is 1.71. The molecule has 2 N–H and O–H groups in total. The number of hydrogen-bond donors (Lipinski definition) is 2. The summed E-state index contributed by atoms with van der Waals surface area (Å²) in [6.45, 7) is 3.46. The van der Waals surface area contributed by atoms with Crippen LogP contribution < -0.4 is 10.0 Å². The zero-order valence-electron chi connectivity index (χ0n) is 11.3. The van der Waals surface area contributed by atoms with E-state index in [0.717, 1.165) is 12.8 Å². The van der Waals surface area contributed by atoms with Crippen molar-refractivity contribution in [1.82, 2.24) is 10.0 Å². The molecule has 1 saturated carbocycles. The maximum Gasteiger partial charge on any atom is 0.253 e. The van der Waals surface area contributed by atoms with Gasteiger partial charge >= 0.3 is 0 Å². The van der Waals surface area contributed by atoms with Crippen molar-refractivity contribution in [2.24, 2.45) is 0 Å². The zero-order chi connectivity index (χ0) is 14.9. The van der Waals surface area contributed by atoms with Crippen LogP contribution in [0.4, 0.5) is 0 Å². The monoisotopic (exact) mass is 316 g/mol. The van der Waals surface area contributed by atoms with Crippen LogP contribution in [0.15, 0.2) is 23.1 Å². The molecule has 0 saturated heterocycles. The minimum atomic E-state index is -3.63. The van der Waals surface area contributed by atoms with Crippen molar-refractivity contribution in [2.75, 3.05) is 0 Å². The first-order valence-electron chi connectivity index (χ1n) is 6.42. The molecular formula is C13H17ClN2O3S. The minimum absolute atomic E-state index is 0.0385. The van der Waals surface area contributed by atoms with Gasteiger partial charge in [-0.3, -0.25) is 4.79 Å². The van der Waals surface area contributed by atoms with Gasteiger partial charge in [0.05, 0.1) is 15.5 Å². The van der Waals surface area contributed by atoms with Crippen LogP contribution in [0.3, 0.4) is 0 Å². The van der Waals surface area contributed by atoms with Crippen molar-refractivity contribution in [3.63, 3.8) is 0 Å². The average molecular weight is 317 g/mol. The second-order valence-electron chi connectivity index (χ2n) is 5.17. The van der Waals surface area contributed by atoms with Crippen molar-refractivity contribution in [3.05, 3.63) is 28.8 Å². The molecule has 0 radical (unpaired) electrons. The number of benzene rings is 1. The molecule has 0 aromatic heterocycles. The van der Waals surface area contributed by atoms with Crippen molar-refractivity contribution >= 4 is 27.5 Å². The predicted octanol–water partition coefficient (Wildman–Crippen LogP) is 1.92.